The largest absolute Gasteiger partial charge is 0.381 e. The Balaban J connectivity index is 1.15. The average molecular weight is 492 g/mol. The van der Waals surface area contributed by atoms with E-state index in [0.29, 0.717) is 42.1 Å². The van der Waals surface area contributed by atoms with E-state index in [2.05, 4.69) is 15.5 Å². The molecule has 2 N–H and O–H groups in total. The number of ether oxygens (including phenoxy) is 1. The van der Waals surface area contributed by atoms with Crippen molar-refractivity contribution in [2.75, 3.05) is 31.2 Å². The molecule has 3 aliphatic heterocycles. The van der Waals surface area contributed by atoms with E-state index in [1.54, 1.807) is 6.07 Å². The van der Waals surface area contributed by atoms with Crippen molar-refractivity contribution < 1.29 is 13.9 Å². The summed E-state index contributed by atoms with van der Waals surface area (Å²) in [5, 5.41) is 6.60. The summed E-state index contributed by atoms with van der Waals surface area (Å²) in [7, 11) is 0. The maximum Gasteiger partial charge on any atom is 0.251 e. The molecular formula is C26H26FN5O2S. The quantitative estimate of drug-likeness (QED) is 0.454. The van der Waals surface area contributed by atoms with Crippen LogP contribution in [-0.2, 0) is 4.74 Å². The van der Waals surface area contributed by atoms with E-state index in [4.69, 9.17) is 9.72 Å². The highest BCUT2D eigenvalue weighted by Gasteiger charge is 2.37. The number of hydrogen-bond acceptors (Lipinski definition) is 6. The molecule has 7 nitrogen and oxygen atoms in total. The number of hydrogen-bond donors (Lipinski definition) is 2. The van der Waals surface area contributed by atoms with E-state index in [9.17, 15) is 4.79 Å². The van der Waals surface area contributed by atoms with Crippen LogP contribution >= 0.6 is 11.3 Å². The van der Waals surface area contributed by atoms with Gasteiger partial charge in [-0.05, 0) is 55.7 Å². The highest BCUT2D eigenvalue weighted by Crippen LogP contribution is 2.34. The second-order valence-corrected chi connectivity index (χ2v) is 10.7. The molecule has 0 saturated carbocycles. The molecule has 0 aliphatic carbocycles. The van der Waals surface area contributed by atoms with E-state index in [1.807, 2.05) is 40.9 Å². The van der Waals surface area contributed by atoms with Crippen molar-refractivity contribution in [1.29, 1.82) is 0 Å². The summed E-state index contributed by atoms with van der Waals surface area (Å²) in [5.41, 5.74) is 3.67. The van der Waals surface area contributed by atoms with Gasteiger partial charge in [0.1, 0.15) is 5.82 Å². The first-order chi connectivity index (χ1) is 17.1. The van der Waals surface area contributed by atoms with Gasteiger partial charge >= 0.3 is 0 Å². The molecule has 1 amide bonds. The first-order valence-corrected chi connectivity index (χ1v) is 13.0. The number of nitrogens with one attached hydrogen (secondary N) is 2. The number of piperazine rings is 1. The fourth-order valence-corrected chi connectivity index (χ4v) is 6.70. The number of thiazole rings is 1. The SMILES string of the molecule is O=C(NC1CCOCC1)c1ccc2c(c1)sc1nc(-c3ccc(N4CC5CC4CN5)cc3F)cn12. The van der Waals surface area contributed by atoms with Crippen LogP contribution in [0.4, 0.5) is 10.1 Å². The number of halogens is 1. The molecule has 3 fully saturated rings. The first kappa shape index (κ1) is 21.3. The Hall–Kier alpha value is -3.01. The molecule has 9 heteroatoms. The summed E-state index contributed by atoms with van der Waals surface area (Å²) in [6.07, 6.45) is 4.71. The number of carbonyl (C=O) groups excluding carboxylic acids is 1. The molecule has 0 radical (unpaired) electrons. The van der Waals surface area contributed by atoms with Crippen LogP contribution in [-0.4, -0.2) is 59.7 Å². The van der Waals surface area contributed by atoms with Crippen molar-refractivity contribution in [2.45, 2.75) is 37.4 Å². The van der Waals surface area contributed by atoms with Crippen LogP contribution < -0.4 is 15.5 Å². The number of rotatable bonds is 4. The Morgan fingerprint density at radius 1 is 1.20 bits per heavy atom. The van der Waals surface area contributed by atoms with Gasteiger partial charge in [0.2, 0.25) is 0 Å². The van der Waals surface area contributed by atoms with Crippen LogP contribution in [0, 0.1) is 5.82 Å². The van der Waals surface area contributed by atoms with Crippen LogP contribution in [0.15, 0.2) is 42.6 Å². The van der Waals surface area contributed by atoms with Gasteiger partial charge in [0, 0.05) is 67.4 Å². The Bertz CT molecular complexity index is 1440. The molecule has 2 unspecified atom stereocenters. The van der Waals surface area contributed by atoms with Crippen LogP contribution in [0.2, 0.25) is 0 Å². The Kier molecular flexibility index (Phi) is 5.04. The third-order valence-electron chi connectivity index (χ3n) is 7.53. The fraction of sp³-hybridized carbons (Fsp3) is 0.385. The lowest BCUT2D eigenvalue weighted by Gasteiger charge is -2.29. The van der Waals surface area contributed by atoms with Gasteiger partial charge in [0.05, 0.1) is 15.9 Å². The van der Waals surface area contributed by atoms with Gasteiger partial charge < -0.3 is 20.3 Å². The molecule has 4 aromatic rings. The number of fused-ring (bicyclic) bond motifs is 5. The van der Waals surface area contributed by atoms with E-state index in [-0.39, 0.29) is 17.8 Å². The third kappa shape index (κ3) is 3.69. The number of aromatic nitrogens is 2. The Morgan fingerprint density at radius 2 is 2.09 bits per heavy atom. The van der Waals surface area contributed by atoms with Crippen LogP contribution in [0.25, 0.3) is 26.4 Å². The second kappa shape index (κ2) is 8.29. The summed E-state index contributed by atoms with van der Waals surface area (Å²) >= 11 is 1.51. The maximum atomic E-state index is 15.2. The van der Waals surface area contributed by atoms with E-state index in [1.165, 1.54) is 11.3 Å². The molecule has 2 bridgehead atoms. The Labute approximate surface area is 205 Å². The zero-order chi connectivity index (χ0) is 23.5. The maximum absolute atomic E-state index is 15.2. The fourth-order valence-electron chi connectivity index (χ4n) is 5.65. The molecule has 3 aliphatic rings. The summed E-state index contributed by atoms with van der Waals surface area (Å²) < 4.78 is 23.5. The topological polar surface area (TPSA) is 70.9 Å². The molecule has 2 aromatic carbocycles. The lowest BCUT2D eigenvalue weighted by atomic mass is 10.1. The number of nitrogens with zero attached hydrogens (tertiary/aromatic N) is 3. The van der Waals surface area contributed by atoms with Crippen LogP contribution in [0.5, 0.6) is 0 Å². The Morgan fingerprint density at radius 3 is 2.86 bits per heavy atom. The number of imidazole rings is 1. The van der Waals surface area contributed by atoms with Gasteiger partial charge in [-0.15, -0.1) is 0 Å². The highest BCUT2D eigenvalue weighted by atomic mass is 32.1. The molecule has 0 spiro atoms. The average Bonchev–Trinajstić information content (AvgIpc) is 3.65. The predicted molar refractivity (Wildman–Crippen MR) is 135 cm³/mol. The lowest BCUT2D eigenvalue weighted by molar-refractivity contribution is 0.0696. The van der Waals surface area contributed by atoms with Gasteiger partial charge in [0.15, 0.2) is 4.96 Å². The molecular weight excluding hydrogens is 465 g/mol. The summed E-state index contributed by atoms with van der Waals surface area (Å²) in [4.78, 5) is 20.5. The standard InChI is InChI=1S/C26H26FN5O2S/c27-21-11-18(31-13-17-10-19(31)12-28-17)2-3-20(21)22-14-32-23-4-1-15(9-24(23)35-26(32)30-22)25(33)29-16-5-7-34-8-6-16/h1-4,9,11,14,16-17,19,28H,5-8,10,12-13H2,(H,29,33). The summed E-state index contributed by atoms with van der Waals surface area (Å²) in [5.74, 6) is -0.310. The second-order valence-electron chi connectivity index (χ2n) is 9.73. The van der Waals surface area contributed by atoms with Crippen molar-refractivity contribution in [3.05, 3.63) is 54.0 Å². The van der Waals surface area contributed by atoms with Gasteiger partial charge in [-0.1, -0.05) is 11.3 Å². The van der Waals surface area contributed by atoms with E-state index < -0.39 is 0 Å². The normalized spacial score (nSPS) is 22.5. The van der Waals surface area contributed by atoms with Crippen molar-refractivity contribution in [3.63, 3.8) is 0 Å². The molecule has 7 rings (SSSR count). The number of carbonyl (C=O) groups is 1. The molecule has 3 saturated heterocycles. The first-order valence-electron chi connectivity index (χ1n) is 12.2. The van der Waals surface area contributed by atoms with Crippen molar-refractivity contribution in [1.82, 2.24) is 20.0 Å². The lowest BCUT2D eigenvalue weighted by Crippen LogP contribution is -2.43. The minimum atomic E-state index is -0.250. The van der Waals surface area contributed by atoms with Crippen molar-refractivity contribution in [2.24, 2.45) is 0 Å². The van der Waals surface area contributed by atoms with Crippen molar-refractivity contribution in [3.8, 4) is 11.3 Å². The minimum absolute atomic E-state index is 0.0605. The summed E-state index contributed by atoms with van der Waals surface area (Å²) in [6.45, 7) is 3.28. The molecule has 5 heterocycles. The van der Waals surface area contributed by atoms with E-state index in [0.717, 1.165) is 53.2 Å². The van der Waals surface area contributed by atoms with E-state index >= 15 is 4.39 Å². The third-order valence-corrected chi connectivity index (χ3v) is 8.55. The predicted octanol–water partition coefficient (Wildman–Crippen LogP) is 3.81. The number of anilines is 1. The zero-order valence-electron chi connectivity index (χ0n) is 19.2. The smallest absolute Gasteiger partial charge is 0.251 e. The molecule has 2 aromatic heterocycles. The van der Waals surface area contributed by atoms with Gasteiger partial charge in [-0.25, -0.2) is 9.37 Å². The molecule has 180 valence electrons. The van der Waals surface area contributed by atoms with Crippen LogP contribution in [0.1, 0.15) is 29.6 Å². The van der Waals surface area contributed by atoms with Crippen molar-refractivity contribution >= 4 is 38.1 Å². The molecule has 2 atom stereocenters. The summed E-state index contributed by atoms with van der Waals surface area (Å²) in [6, 6.07) is 12.3. The van der Waals surface area contributed by atoms with Gasteiger partial charge in [0.25, 0.3) is 5.91 Å². The van der Waals surface area contributed by atoms with Gasteiger partial charge in [-0.3, -0.25) is 9.20 Å². The monoisotopic (exact) mass is 491 g/mol. The number of benzene rings is 2. The zero-order valence-corrected chi connectivity index (χ0v) is 20.0. The van der Waals surface area contributed by atoms with Gasteiger partial charge in [-0.2, -0.15) is 0 Å². The number of amides is 1. The molecule has 35 heavy (non-hydrogen) atoms. The minimum Gasteiger partial charge on any atom is -0.381 e. The van der Waals surface area contributed by atoms with Crippen LogP contribution in [0.3, 0.4) is 0 Å². The highest BCUT2D eigenvalue weighted by molar-refractivity contribution is 7.23.